The van der Waals surface area contributed by atoms with Gasteiger partial charge in [0.15, 0.2) is 10.9 Å². The maximum Gasteiger partial charge on any atom is 0.176 e. The SMILES string of the molecule is Cc1ccc(NC(=S)Nc2ccn(Cc3c(F)cccc3Cl)n2)cc1. The molecule has 0 fully saturated rings. The third-order valence-corrected chi connectivity index (χ3v) is 4.13. The Labute approximate surface area is 155 Å². The van der Waals surface area contributed by atoms with Crippen LogP contribution in [-0.4, -0.2) is 14.9 Å². The van der Waals surface area contributed by atoms with Gasteiger partial charge >= 0.3 is 0 Å². The van der Waals surface area contributed by atoms with Crippen molar-refractivity contribution in [2.45, 2.75) is 13.5 Å². The number of aromatic nitrogens is 2. The molecule has 0 bridgehead atoms. The van der Waals surface area contributed by atoms with E-state index < -0.39 is 0 Å². The fourth-order valence-corrected chi connectivity index (χ4v) is 2.72. The molecule has 0 aliphatic rings. The summed E-state index contributed by atoms with van der Waals surface area (Å²) >= 11 is 11.3. The highest BCUT2D eigenvalue weighted by molar-refractivity contribution is 7.80. The van der Waals surface area contributed by atoms with Crippen molar-refractivity contribution in [2.24, 2.45) is 0 Å². The first kappa shape index (κ1) is 17.4. The number of benzene rings is 2. The first-order valence-corrected chi connectivity index (χ1v) is 8.41. The predicted molar refractivity (Wildman–Crippen MR) is 104 cm³/mol. The summed E-state index contributed by atoms with van der Waals surface area (Å²) in [6.07, 6.45) is 1.74. The Morgan fingerprint density at radius 2 is 1.92 bits per heavy atom. The van der Waals surface area contributed by atoms with Crippen molar-refractivity contribution in [1.82, 2.24) is 9.78 Å². The summed E-state index contributed by atoms with van der Waals surface area (Å²) in [5.41, 5.74) is 2.47. The average molecular weight is 375 g/mol. The van der Waals surface area contributed by atoms with Crippen LogP contribution in [0.15, 0.2) is 54.7 Å². The largest absolute Gasteiger partial charge is 0.332 e. The van der Waals surface area contributed by atoms with Crippen molar-refractivity contribution in [3.63, 3.8) is 0 Å². The zero-order chi connectivity index (χ0) is 17.8. The molecule has 2 N–H and O–H groups in total. The molecule has 1 heterocycles. The van der Waals surface area contributed by atoms with E-state index in [1.807, 2.05) is 31.2 Å². The molecule has 0 atom stereocenters. The lowest BCUT2D eigenvalue weighted by atomic mass is 10.2. The van der Waals surface area contributed by atoms with E-state index in [1.165, 1.54) is 11.6 Å². The number of halogens is 2. The number of nitrogens with one attached hydrogen (secondary N) is 2. The van der Waals surface area contributed by atoms with Crippen LogP contribution in [0.4, 0.5) is 15.9 Å². The smallest absolute Gasteiger partial charge is 0.176 e. The fourth-order valence-electron chi connectivity index (χ4n) is 2.28. The molecule has 0 saturated heterocycles. The number of nitrogens with zero attached hydrogens (tertiary/aromatic N) is 2. The summed E-state index contributed by atoms with van der Waals surface area (Å²) in [6.45, 7) is 2.26. The van der Waals surface area contributed by atoms with Crippen LogP contribution in [0.25, 0.3) is 0 Å². The van der Waals surface area contributed by atoms with Gasteiger partial charge in [-0.2, -0.15) is 5.10 Å². The minimum Gasteiger partial charge on any atom is -0.332 e. The van der Waals surface area contributed by atoms with Crippen LogP contribution in [-0.2, 0) is 6.54 Å². The van der Waals surface area contributed by atoms with Gasteiger partial charge < -0.3 is 10.6 Å². The second-order valence-electron chi connectivity index (χ2n) is 5.54. The molecule has 25 heavy (non-hydrogen) atoms. The summed E-state index contributed by atoms with van der Waals surface area (Å²) in [6, 6.07) is 14.3. The van der Waals surface area contributed by atoms with E-state index in [4.69, 9.17) is 23.8 Å². The third-order valence-electron chi connectivity index (χ3n) is 3.57. The summed E-state index contributed by atoms with van der Waals surface area (Å²) in [5, 5.41) is 11.2. The Morgan fingerprint density at radius 3 is 2.64 bits per heavy atom. The van der Waals surface area contributed by atoms with E-state index in [2.05, 4.69) is 15.7 Å². The lowest BCUT2D eigenvalue weighted by Gasteiger charge is -2.09. The van der Waals surface area contributed by atoms with Crippen LogP contribution in [0.1, 0.15) is 11.1 Å². The normalized spacial score (nSPS) is 10.5. The molecule has 0 unspecified atom stereocenters. The maximum absolute atomic E-state index is 13.9. The Bertz CT molecular complexity index is 872. The second-order valence-corrected chi connectivity index (χ2v) is 6.36. The van der Waals surface area contributed by atoms with Gasteiger partial charge in [0.2, 0.25) is 0 Å². The predicted octanol–water partition coefficient (Wildman–Crippen LogP) is 4.84. The molecule has 0 amide bonds. The molecular weight excluding hydrogens is 359 g/mol. The number of thiocarbonyl (C=S) groups is 1. The number of hydrogen-bond acceptors (Lipinski definition) is 2. The van der Waals surface area contributed by atoms with Crippen molar-refractivity contribution in [1.29, 1.82) is 0 Å². The molecule has 7 heteroatoms. The Kier molecular flexibility index (Phi) is 5.31. The van der Waals surface area contributed by atoms with Crippen LogP contribution in [0.2, 0.25) is 5.02 Å². The summed E-state index contributed by atoms with van der Waals surface area (Å²) in [7, 11) is 0. The molecule has 3 rings (SSSR count). The first-order chi connectivity index (χ1) is 12.0. The molecule has 1 aromatic heterocycles. The van der Waals surface area contributed by atoms with E-state index in [0.717, 1.165) is 5.69 Å². The molecule has 2 aromatic carbocycles. The maximum atomic E-state index is 13.9. The van der Waals surface area contributed by atoms with Gasteiger partial charge in [-0.3, -0.25) is 4.68 Å². The average Bonchev–Trinajstić information content (AvgIpc) is 3.00. The van der Waals surface area contributed by atoms with E-state index in [0.29, 0.717) is 21.5 Å². The Hall–Kier alpha value is -2.44. The molecule has 3 aromatic rings. The van der Waals surface area contributed by atoms with Crippen LogP contribution in [0.5, 0.6) is 0 Å². The summed E-state index contributed by atoms with van der Waals surface area (Å²) in [4.78, 5) is 0. The Morgan fingerprint density at radius 1 is 1.16 bits per heavy atom. The van der Waals surface area contributed by atoms with E-state index in [1.54, 1.807) is 29.1 Å². The molecule has 0 aliphatic carbocycles. The molecule has 0 radical (unpaired) electrons. The zero-order valence-electron chi connectivity index (χ0n) is 13.5. The van der Waals surface area contributed by atoms with E-state index in [9.17, 15) is 4.39 Å². The molecule has 128 valence electrons. The van der Waals surface area contributed by atoms with Gasteiger partial charge in [-0.05, 0) is 43.4 Å². The zero-order valence-corrected chi connectivity index (χ0v) is 15.0. The van der Waals surface area contributed by atoms with Gasteiger partial charge in [-0.1, -0.05) is 35.4 Å². The standard InChI is InChI=1S/C18H16ClFN4S/c1-12-5-7-13(8-6-12)21-18(25)22-17-9-10-24(23-17)11-14-15(19)3-2-4-16(14)20/h2-10H,11H2,1H3,(H2,21,22,23,25). The summed E-state index contributed by atoms with van der Waals surface area (Å²) in [5.74, 6) is 0.214. The van der Waals surface area contributed by atoms with E-state index in [-0.39, 0.29) is 12.4 Å². The van der Waals surface area contributed by atoms with Gasteiger partial charge in [-0.25, -0.2) is 4.39 Å². The number of hydrogen-bond donors (Lipinski definition) is 2. The lowest BCUT2D eigenvalue weighted by Crippen LogP contribution is -2.19. The number of aryl methyl sites for hydroxylation is 1. The topological polar surface area (TPSA) is 41.9 Å². The lowest BCUT2D eigenvalue weighted by molar-refractivity contribution is 0.586. The second kappa shape index (κ2) is 7.63. The minimum atomic E-state index is -0.353. The number of rotatable bonds is 4. The van der Waals surface area contributed by atoms with Crippen LogP contribution in [0.3, 0.4) is 0 Å². The monoisotopic (exact) mass is 374 g/mol. The van der Waals surface area contributed by atoms with Crippen molar-refractivity contribution >= 4 is 40.4 Å². The van der Waals surface area contributed by atoms with Crippen LogP contribution >= 0.6 is 23.8 Å². The highest BCUT2D eigenvalue weighted by atomic mass is 35.5. The molecule has 4 nitrogen and oxygen atoms in total. The van der Waals surface area contributed by atoms with Crippen LogP contribution < -0.4 is 10.6 Å². The van der Waals surface area contributed by atoms with Crippen molar-refractivity contribution in [3.8, 4) is 0 Å². The quantitative estimate of drug-likeness (QED) is 0.641. The van der Waals surface area contributed by atoms with Gasteiger partial charge in [0.25, 0.3) is 0 Å². The molecular formula is C18H16ClFN4S. The highest BCUT2D eigenvalue weighted by Crippen LogP contribution is 2.20. The summed E-state index contributed by atoms with van der Waals surface area (Å²) < 4.78 is 15.5. The fraction of sp³-hybridized carbons (Fsp3) is 0.111. The number of anilines is 2. The van der Waals surface area contributed by atoms with Gasteiger partial charge in [-0.15, -0.1) is 0 Å². The highest BCUT2D eigenvalue weighted by Gasteiger charge is 2.09. The van der Waals surface area contributed by atoms with Gasteiger partial charge in [0.05, 0.1) is 6.54 Å². The van der Waals surface area contributed by atoms with Gasteiger partial charge in [0.1, 0.15) is 5.82 Å². The van der Waals surface area contributed by atoms with Gasteiger partial charge in [0, 0.05) is 28.5 Å². The van der Waals surface area contributed by atoms with Crippen molar-refractivity contribution in [3.05, 3.63) is 76.7 Å². The molecule has 0 saturated carbocycles. The minimum absolute atomic E-state index is 0.241. The van der Waals surface area contributed by atoms with Crippen molar-refractivity contribution in [2.75, 3.05) is 10.6 Å². The molecule has 0 spiro atoms. The van der Waals surface area contributed by atoms with Crippen LogP contribution in [0, 0.1) is 12.7 Å². The first-order valence-electron chi connectivity index (χ1n) is 7.62. The Balaban J connectivity index is 1.63. The molecule has 0 aliphatic heterocycles. The van der Waals surface area contributed by atoms with E-state index >= 15 is 0 Å². The third kappa shape index (κ3) is 4.55. The van der Waals surface area contributed by atoms with Crippen molar-refractivity contribution < 1.29 is 4.39 Å².